The first-order valence-corrected chi connectivity index (χ1v) is 30.0. The van der Waals surface area contributed by atoms with E-state index >= 15 is 0 Å². The SMILES string of the molecule is CC(CN1c2ccccc2Sc2ccccc21)N(C)C.COc1ccc2cc([C@H](C)C(=O)O)ccc2c1.COc1cccc([C@@]2(O)CCCC[C@@H]2CN(C)C)c1.NC(=O)C[S+]([O-])C(c1ccccc1)c1ccccc1.O=C(O)c1cccnc1. The van der Waals surface area contributed by atoms with E-state index in [0.29, 0.717) is 12.0 Å². The zero-order valence-corrected chi connectivity index (χ0v) is 50.8. The van der Waals surface area contributed by atoms with Gasteiger partial charge in [-0.25, -0.2) is 4.79 Å². The van der Waals surface area contributed by atoms with Gasteiger partial charge < -0.3 is 49.8 Å². The summed E-state index contributed by atoms with van der Waals surface area (Å²) < 4.78 is 22.8. The van der Waals surface area contributed by atoms with E-state index in [-0.39, 0.29) is 16.6 Å². The van der Waals surface area contributed by atoms with Crippen molar-refractivity contribution in [1.82, 2.24) is 14.8 Å². The fourth-order valence-electron chi connectivity index (χ4n) is 9.83. The molecule has 2 heterocycles. The van der Waals surface area contributed by atoms with E-state index in [1.165, 1.54) is 46.0 Å². The molecule has 8 aromatic rings. The van der Waals surface area contributed by atoms with E-state index in [9.17, 15) is 24.0 Å². The van der Waals surface area contributed by atoms with Crippen molar-refractivity contribution < 1.29 is 43.7 Å². The van der Waals surface area contributed by atoms with Gasteiger partial charge in [-0.3, -0.25) is 14.6 Å². The van der Waals surface area contributed by atoms with Crippen molar-refractivity contribution in [3.8, 4) is 11.5 Å². The van der Waals surface area contributed by atoms with Crippen LogP contribution in [0.25, 0.3) is 10.8 Å². The maximum absolute atomic E-state index is 12.4. The maximum atomic E-state index is 12.4. The third-order valence-electron chi connectivity index (χ3n) is 14.7. The Morgan fingerprint density at radius 1 is 0.714 bits per heavy atom. The molecule has 10 rings (SSSR count). The van der Waals surface area contributed by atoms with Crippen molar-refractivity contribution in [2.75, 3.05) is 66.2 Å². The van der Waals surface area contributed by atoms with Crippen LogP contribution in [-0.4, -0.2) is 120 Å². The van der Waals surface area contributed by atoms with Crippen molar-refractivity contribution in [3.05, 3.63) is 222 Å². The Labute approximate surface area is 502 Å². The first-order chi connectivity index (χ1) is 40.3. The molecule has 16 heteroatoms. The number of para-hydroxylation sites is 2. The molecule has 1 amide bonds. The Kier molecular flexibility index (Phi) is 25.2. The number of carboxylic acid groups (broad SMARTS) is 2. The summed E-state index contributed by atoms with van der Waals surface area (Å²) in [4.78, 5) is 45.3. The summed E-state index contributed by atoms with van der Waals surface area (Å²) in [7, 11) is 11.7. The lowest BCUT2D eigenvalue weighted by Crippen LogP contribution is -2.43. The number of carbonyl (C=O) groups is 3. The Morgan fingerprint density at radius 3 is 1.81 bits per heavy atom. The van der Waals surface area contributed by atoms with E-state index in [1.807, 2.05) is 133 Å². The number of aromatic nitrogens is 1. The minimum Gasteiger partial charge on any atom is -0.615 e. The minimum absolute atomic E-state index is 0.131. The second kappa shape index (κ2) is 32.4. The molecule has 84 heavy (non-hydrogen) atoms. The van der Waals surface area contributed by atoms with Gasteiger partial charge in [-0.1, -0.05) is 146 Å². The number of fused-ring (bicyclic) bond motifs is 3. The number of primary amides is 1. The molecule has 2 aliphatic rings. The van der Waals surface area contributed by atoms with E-state index in [4.69, 9.17) is 25.4 Å². The molecule has 0 radical (unpaired) electrons. The highest BCUT2D eigenvalue weighted by molar-refractivity contribution is 7.99. The minimum atomic E-state index is -1.36. The predicted molar refractivity (Wildman–Crippen MR) is 339 cm³/mol. The average Bonchev–Trinajstić information content (AvgIpc) is 2.20. The number of ether oxygens (including phenoxy) is 2. The molecule has 1 fully saturated rings. The monoisotopic (exact) mass is 1170 g/mol. The normalized spacial score (nSPS) is 16.0. The second-order valence-corrected chi connectivity index (χ2v) is 23.7. The Hall–Kier alpha value is -7.70. The Balaban J connectivity index is 0.000000171. The van der Waals surface area contributed by atoms with Gasteiger partial charge in [0.25, 0.3) is 5.91 Å². The average molecular weight is 1170 g/mol. The molecule has 1 saturated carbocycles. The molecule has 1 aliphatic carbocycles. The van der Waals surface area contributed by atoms with Crippen molar-refractivity contribution in [1.29, 1.82) is 0 Å². The van der Waals surface area contributed by atoms with E-state index in [0.717, 1.165) is 76.9 Å². The van der Waals surface area contributed by atoms with Gasteiger partial charge in [-0.15, -0.1) is 0 Å². The van der Waals surface area contributed by atoms with Gasteiger partial charge in [0.05, 0.1) is 42.7 Å². The summed E-state index contributed by atoms with van der Waals surface area (Å²) in [5.41, 5.74) is 11.0. The number of anilines is 2. The van der Waals surface area contributed by atoms with Gasteiger partial charge >= 0.3 is 11.9 Å². The topological polar surface area (TPSA) is 202 Å². The van der Waals surface area contributed by atoms with Crippen LogP contribution in [0.1, 0.15) is 83.3 Å². The number of nitrogens with zero attached hydrogens (tertiary/aromatic N) is 4. The zero-order valence-electron chi connectivity index (χ0n) is 49.2. The molecule has 14 nitrogen and oxygen atoms in total. The molecular weight excluding hydrogens is 1090 g/mol. The first kappa shape index (κ1) is 65.5. The fourth-order valence-corrected chi connectivity index (χ4v) is 12.3. The highest BCUT2D eigenvalue weighted by atomic mass is 32.2. The Bertz CT molecular complexity index is 3260. The maximum Gasteiger partial charge on any atom is 0.337 e. The van der Waals surface area contributed by atoms with E-state index < -0.39 is 40.5 Å². The molecule has 1 aliphatic heterocycles. The molecule has 5 atom stereocenters. The number of rotatable bonds is 16. The van der Waals surface area contributed by atoms with Crippen LogP contribution < -0.4 is 20.1 Å². The summed E-state index contributed by atoms with van der Waals surface area (Å²) >= 11 is 0.502. The van der Waals surface area contributed by atoms with Crippen LogP contribution in [0.2, 0.25) is 0 Å². The van der Waals surface area contributed by atoms with Crippen molar-refractivity contribution in [3.63, 3.8) is 0 Å². The summed E-state index contributed by atoms with van der Waals surface area (Å²) in [5.74, 6) is -0.994. The van der Waals surface area contributed by atoms with Crippen LogP contribution in [0, 0.1) is 5.92 Å². The van der Waals surface area contributed by atoms with Gasteiger partial charge in [0.1, 0.15) is 11.5 Å². The highest BCUT2D eigenvalue weighted by Crippen LogP contribution is 2.48. The molecule has 5 N–H and O–H groups in total. The van der Waals surface area contributed by atoms with Crippen LogP contribution in [-0.2, 0) is 26.4 Å². The third-order valence-corrected chi connectivity index (χ3v) is 17.4. The zero-order chi connectivity index (χ0) is 60.8. The number of amides is 1. The van der Waals surface area contributed by atoms with Gasteiger partial charge in [0, 0.05) is 58.4 Å². The number of benzene rings is 7. The van der Waals surface area contributed by atoms with Crippen LogP contribution >= 0.6 is 11.8 Å². The predicted octanol–water partition coefficient (Wildman–Crippen LogP) is 12.7. The lowest BCUT2D eigenvalue weighted by atomic mass is 9.71. The number of carbonyl (C=O) groups excluding carboxylic acids is 1. The molecule has 0 spiro atoms. The fraction of sp³-hybridized carbons (Fsp3) is 0.294. The number of hydrogen-bond acceptors (Lipinski definition) is 12. The molecule has 1 aromatic heterocycles. The Morgan fingerprint density at radius 2 is 1.29 bits per heavy atom. The number of nitrogens with two attached hydrogens (primary N) is 1. The van der Waals surface area contributed by atoms with Gasteiger partial charge in [-0.2, -0.15) is 0 Å². The van der Waals surface area contributed by atoms with Gasteiger partial charge in [-0.05, 0) is 149 Å². The van der Waals surface area contributed by atoms with Crippen molar-refractivity contribution in [2.24, 2.45) is 11.7 Å². The van der Waals surface area contributed by atoms with E-state index in [1.54, 1.807) is 27.2 Å². The third kappa shape index (κ3) is 18.7. The molecule has 442 valence electrons. The van der Waals surface area contributed by atoms with Crippen LogP contribution in [0.5, 0.6) is 11.5 Å². The standard InChI is InChI=1S/C17H20N2S.C16H25NO2.C15H15NO2S.C14H14O3.C6H5NO2/c1-13(18(2)3)12-19-14-8-4-6-10-16(14)20-17-11-7-5-9-15(17)19;1-17(2)12-14-7-4-5-10-16(14,18)13-8-6-9-15(11-13)19-3;16-14(17)11-19(18)15(12-7-3-1-4-8-12)13-9-5-2-6-10-13;1-9(14(15)16)10-3-4-12-8-13(17-2)6-5-11(12)7-10;8-6(9)5-2-1-3-7-4-5/h4-11,13H,12H2,1-3H3;6,8-9,11,14,18H,4-5,7,10,12H2,1-3H3;1-10,15H,11H2,(H2,16,17);3-9H,1-2H3,(H,15,16);1-4H,(H,8,9)/t;14-,16+;;9-;/m.1.0./s1. The number of hydrogen-bond donors (Lipinski definition) is 4. The number of methoxy groups -OCH3 is 2. The molecule has 0 bridgehead atoms. The quantitative estimate of drug-likeness (QED) is 0.0666. The number of aliphatic carboxylic acids is 1. The molecule has 0 saturated heterocycles. The highest BCUT2D eigenvalue weighted by Gasteiger charge is 2.40. The second-order valence-electron chi connectivity index (χ2n) is 21.1. The number of aliphatic hydroxyl groups is 1. The smallest absolute Gasteiger partial charge is 0.337 e. The lowest BCUT2D eigenvalue weighted by Gasteiger charge is -2.41. The number of likely N-dealkylation sites (N-methyl/N-ethyl adjacent to an activating group) is 1. The van der Waals surface area contributed by atoms with Crippen molar-refractivity contribution in [2.45, 2.75) is 72.1 Å². The molecule has 2 unspecified atom stereocenters. The van der Waals surface area contributed by atoms with Gasteiger partial charge in [0.2, 0.25) is 0 Å². The van der Waals surface area contributed by atoms with Crippen LogP contribution in [0.4, 0.5) is 11.4 Å². The number of aromatic carboxylic acids is 1. The number of carboxylic acids is 2. The first-order valence-electron chi connectivity index (χ1n) is 27.8. The van der Waals surface area contributed by atoms with Crippen LogP contribution in [0.15, 0.2) is 204 Å². The van der Waals surface area contributed by atoms with Crippen LogP contribution in [0.3, 0.4) is 0 Å². The summed E-state index contributed by atoms with van der Waals surface area (Å²) in [6.45, 7) is 5.88. The summed E-state index contributed by atoms with van der Waals surface area (Å²) in [6.07, 6.45) is 7.09. The molecular formula is C68H79N5O9S2. The number of pyridine rings is 1. The summed E-state index contributed by atoms with van der Waals surface area (Å²) in [5, 5.41) is 30.3. The van der Waals surface area contributed by atoms with Gasteiger partial charge in [0.15, 0.2) is 11.0 Å². The van der Waals surface area contributed by atoms with Crippen molar-refractivity contribution >= 4 is 62.9 Å². The van der Waals surface area contributed by atoms with E-state index in [2.05, 4.69) is 103 Å². The lowest BCUT2D eigenvalue weighted by molar-refractivity contribution is -0.138. The largest absolute Gasteiger partial charge is 0.615 e. The molecule has 7 aromatic carbocycles. The summed E-state index contributed by atoms with van der Waals surface area (Å²) in [6, 6.07) is 59.3.